The number of methoxy groups -OCH3 is 2. The molecule has 0 amide bonds. The third-order valence-corrected chi connectivity index (χ3v) is 13.4. The predicted octanol–water partition coefficient (Wildman–Crippen LogP) is 7.94. The lowest BCUT2D eigenvalue weighted by atomic mass is 9.80. The first-order valence-electron chi connectivity index (χ1n) is 20.6. The van der Waals surface area contributed by atoms with Gasteiger partial charge in [-0.15, -0.1) is 0 Å². The van der Waals surface area contributed by atoms with Crippen LogP contribution >= 0.6 is 8.53 Å². The molecule has 0 bridgehead atoms. The average molecular weight is 867 g/mol. The number of hydrogen-bond acceptors (Lipinski definition) is 11. The zero-order valence-corrected chi connectivity index (χ0v) is 36.5. The fourth-order valence-corrected chi connectivity index (χ4v) is 10.3. The highest BCUT2D eigenvalue weighted by atomic mass is 31.2. The van der Waals surface area contributed by atoms with Crippen LogP contribution in [-0.2, 0) is 34.5 Å². The van der Waals surface area contributed by atoms with Crippen molar-refractivity contribution in [3.8, 4) is 17.6 Å². The SMILES string of the molecule is COc1ccc(C(OC[C@H]2O[C@]3(c4ccccc4)C[C@@H](n4cc(F)c(=O)[nH]c4=O)O[C@@H]3[C@@H]2OP(OCCC#N)N(C(C)C)C(C)C)(c2ccccc2)c2ccc(OC)cc2)cc1. The minimum atomic E-state index is -1.87. The molecule has 2 fully saturated rings. The van der Waals surface area contributed by atoms with Gasteiger partial charge in [-0.2, -0.15) is 9.65 Å². The Balaban J connectivity index is 1.39. The van der Waals surface area contributed by atoms with E-state index in [9.17, 15) is 19.2 Å². The maximum atomic E-state index is 14.8. The lowest BCUT2D eigenvalue weighted by molar-refractivity contribution is -0.114. The van der Waals surface area contributed by atoms with Crippen molar-refractivity contribution in [3.63, 3.8) is 0 Å². The van der Waals surface area contributed by atoms with Gasteiger partial charge in [0.05, 0.1) is 46.1 Å². The van der Waals surface area contributed by atoms with Gasteiger partial charge in [0.15, 0.2) is 0 Å². The van der Waals surface area contributed by atoms with E-state index in [1.807, 2.05) is 137 Å². The highest BCUT2D eigenvalue weighted by Gasteiger charge is 2.64. The summed E-state index contributed by atoms with van der Waals surface area (Å²) in [4.78, 5) is 27.4. The van der Waals surface area contributed by atoms with Crippen LogP contribution in [0.4, 0.5) is 4.39 Å². The fourth-order valence-electron chi connectivity index (χ4n) is 8.53. The van der Waals surface area contributed by atoms with Crippen molar-refractivity contribution < 1.29 is 37.1 Å². The molecule has 326 valence electrons. The Bertz CT molecular complexity index is 2360. The van der Waals surface area contributed by atoms with Gasteiger partial charge >= 0.3 is 5.69 Å². The number of fused-ring (bicyclic) bond motifs is 1. The molecule has 0 spiro atoms. The molecule has 7 rings (SSSR count). The third kappa shape index (κ3) is 8.85. The van der Waals surface area contributed by atoms with Gasteiger partial charge in [0.2, 0.25) is 5.82 Å². The van der Waals surface area contributed by atoms with Crippen molar-refractivity contribution >= 4 is 8.53 Å². The number of H-pyrrole nitrogens is 1. The number of hydrogen-bond donors (Lipinski definition) is 1. The molecule has 0 saturated carbocycles. The molecule has 0 aliphatic carbocycles. The Morgan fingerprint density at radius 3 is 2.00 bits per heavy atom. The van der Waals surface area contributed by atoms with Crippen LogP contribution in [0.2, 0.25) is 0 Å². The van der Waals surface area contributed by atoms with Gasteiger partial charge in [-0.25, -0.2) is 9.46 Å². The molecule has 6 atom stereocenters. The minimum Gasteiger partial charge on any atom is -0.497 e. The highest BCUT2D eigenvalue weighted by Crippen LogP contribution is 2.58. The van der Waals surface area contributed by atoms with Crippen molar-refractivity contribution in [2.45, 2.75) is 88.4 Å². The van der Waals surface area contributed by atoms with Crippen LogP contribution in [0.5, 0.6) is 11.5 Å². The Morgan fingerprint density at radius 1 is 0.887 bits per heavy atom. The largest absolute Gasteiger partial charge is 0.497 e. The molecule has 2 aliphatic rings. The Morgan fingerprint density at radius 2 is 1.45 bits per heavy atom. The lowest BCUT2D eigenvalue weighted by Crippen LogP contribution is -2.43. The summed E-state index contributed by atoms with van der Waals surface area (Å²) in [5.74, 6) is 0.217. The summed E-state index contributed by atoms with van der Waals surface area (Å²) in [6, 6.07) is 36.9. The first kappa shape index (κ1) is 44.8. The number of nitrogens with zero attached hydrogens (tertiary/aromatic N) is 3. The van der Waals surface area contributed by atoms with Crippen LogP contribution in [-0.4, -0.2) is 72.1 Å². The molecule has 1 N–H and O–H groups in total. The average Bonchev–Trinajstić information content (AvgIpc) is 3.80. The summed E-state index contributed by atoms with van der Waals surface area (Å²) >= 11 is 0. The van der Waals surface area contributed by atoms with Gasteiger partial charge in [0.25, 0.3) is 14.1 Å². The number of nitriles is 1. The van der Waals surface area contributed by atoms with E-state index in [2.05, 4.69) is 15.7 Å². The molecule has 3 heterocycles. The quantitative estimate of drug-likeness (QED) is 0.0520. The standard InChI is InChI=1S/C47H52FN4O9P/c1-31(2)52(32(3)4)62(58-27-13-26-49)61-42-40(60-46(33-14-9-7-10-15-33)28-41(59-43(42)46)51-29-39(48)44(53)50-45(51)54)30-57-47(34-16-11-8-12-17-34,35-18-22-37(55-5)23-19-35)36-20-24-38(56-6)25-21-36/h7-12,14-25,29,31-32,40-43H,13,27-28,30H2,1-6H3,(H,50,53,54)/t40-,41+,42-,43-,46+,62?/m1/s1. The Labute approximate surface area is 361 Å². The summed E-state index contributed by atoms with van der Waals surface area (Å²) < 4.78 is 64.3. The molecular formula is C47H52FN4O9P. The number of nitrogens with one attached hydrogen (secondary N) is 1. The number of aromatic amines is 1. The summed E-state index contributed by atoms with van der Waals surface area (Å²) in [6.45, 7) is 8.25. The monoisotopic (exact) mass is 866 g/mol. The van der Waals surface area contributed by atoms with Crippen LogP contribution in [0.1, 0.15) is 69.0 Å². The summed E-state index contributed by atoms with van der Waals surface area (Å²) in [6.07, 6.45) is -2.69. The second-order valence-electron chi connectivity index (χ2n) is 15.7. The van der Waals surface area contributed by atoms with E-state index in [1.165, 1.54) is 0 Å². The van der Waals surface area contributed by atoms with Gasteiger partial charge in [0.1, 0.15) is 47.2 Å². The zero-order chi connectivity index (χ0) is 44.0. The second-order valence-corrected chi connectivity index (χ2v) is 17.1. The Kier molecular flexibility index (Phi) is 14.1. The van der Waals surface area contributed by atoms with E-state index in [1.54, 1.807) is 14.2 Å². The second kappa shape index (κ2) is 19.4. The Hall–Kier alpha value is -5.23. The van der Waals surface area contributed by atoms with E-state index in [4.69, 9.17) is 32.7 Å². The van der Waals surface area contributed by atoms with E-state index in [0.717, 1.165) is 33.0 Å². The molecule has 4 aromatic carbocycles. The van der Waals surface area contributed by atoms with Gasteiger partial charge in [-0.3, -0.25) is 14.3 Å². The molecule has 15 heteroatoms. The topological polar surface area (TPSA) is 147 Å². The maximum Gasteiger partial charge on any atom is 0.330 e. The molecular weight excluding hydrogens is 815 g/mol. The van der Waals surface area contributed by atoms with Crippen molar-refractivity contribution in [2.75, 3.05) is 27.4 Å². The number of halogens is 1. The summed E-state index contributed by atoms with van der Waals surface area (Å²) in [7, 11) is 1.36. The molecule has 2 saturated heterocycles. The van der Waals surface area contributed by atoms with Crippen LogP contribution in [0.3, 0.4) is 0 Å². The molecule has 1 aromatic heterocycles. The van der Waals surface area contributed by atoms with Crippen LogP contribution in [0.15, 0.2) is 125 Å². The van der Waals surface area contributed by atoms with Gasteiger partial charge in [-0.05, 0) is 74.2 Å². The zero-order valence-electron chi connectivity index (χ0n) is 35.6. The highest BCUT2D eigenvalue weighted by molar-refractivity contribution is 7.44. The van der Waals surface area contributed by atoms with Crippen molar-refractivity contribution in [1.82, 2.24) is 14.2 Å². The number of rotatable bonds is 18. The van der Waals surface area contributed by atoms with Gasteiger partial charge in [0, 0.05) is 18.5 Å². The van der Waals surface area contributed by atoms with E-state index >= 15 is 0 Å². The summed E-state index contributed by atoms with van der Waals surface area (Å²) in [5.41, 5.74) is -1.24. The van der Waals surface area contributed by atoms with E-state index in [0.29, 0.717) is 11.5 Å². The molecule has 13 nitrogen and oxygen atoms in total. The van der Waals surface area contributed by atoms with Crippen molar-refractivity contribution in [2.24, 2.45) is 0 Å². The van der Waals surface area contributed by atoms with Gasteiger partial charge < -0.3 is 32.7 Å². The van der Waals surface area contributed by atoms with Crippen molar-refractivity contribution in [3.05, 3.63) is 164 Å². The van der Waals surface area contributed by atoms with Crippen LogP contribution < -0.4 is 20.7 Å². The lowest BCUT2D eigenvalue weighted by Gasteiger charge is -2.39. The normalized spacial score (nSPS) is 21.6. The van der Waals surface area contributed by atoms with Gasteiger partial charge in [-0.1, -0.05) is 84.9 Å². The summed E-state index contributed by atoms with van der Waals surface area (Å²) in [5, 5.41) is 9.50. The maximum absolute atomic E-state index is 14.8. The van der Waals surface area contributed by atoms with E-state index < -0.39 is 61.3 Å². The van der Waals surface area contributed by atoms with Crippen molar-refractivity contribution in [1.29, 1.82) is 5.26 Å². The molecule has 62 heavy (non-hydrogen) atoms. The first-order valence-corrected chi connectivity index (χ1v) is 21.7. The molecule has 5 aromatic rings. The fraction of sp³-hybridized carbons (Fsp3) is 0.383. The van der Waals surface area contributed by atoms with Crippen LogP contribution in [0.25, 0.3) is 0 Å². The number of ether oxygens (including phenoxy) is 5. The molecule has 0 radical (unpaired) electrons. The smallest absolute Gasteiger partial charge is 0.330 e. The first-order chi connectivity index (χ1) is 29.9. The molecule has 2 aliphatic heterocycles. The third-order valence-electron chi connectivity index (χ3n) is 11.3. The minimum absolute atomic E-state index is 0.0325. The number of aromatic nitrogens is 2. The van der Waals surface area contributed by atoms with Crippen LogP contribution in [0, 0.1) is 17.1 Å². The van der Waals surface area contributed by atoms with E-state index in [-0.39, 0.29) is 38.1 Å². The predicted molar refractivity (Wildman–Crippen MR) is 231 cm³/mol. The number of benzene rings is 4. The molecule has 1 unspecified atom stereocenters.